The van der Waals surface area contributed by atoms with E-state index in [1.165, 1.54) is 24.3 Å². The minimum absolute atomic E-state index is 0.153. The van der Waals surface area contributed by atoms with Gasteiger partial charge in [0, 0.05) is 6.07 Å². The van der Waals surface area contributed by atoms with Gasteiger partial charge in [-0.15, -0.1) is 0 Å². The maximum Gasteiger partial charge on any atom is 0.300 e. The summed E-state index contributed by atoms with van der Waals surface area (Å²) in [5.74, 6) is -0.962. The Bertz CT molecular complexity index is 1020. The van der Waals surface area contributed by atoms with Gasteiger partial charge in [-0.3, -0.25) is 25.0 Å². The van der Waals surface area contributed by atoms with Crippen molar-refractivity contribution in [2.75, 3.05) is 5.32 Å². The summed E-state index contributed by atoms with van der Waals surface area (Å²) in [7, 11) is -4.42. The number of carbonyl (C=O) groups excluding carboxylic acids is 1. The lowest BCUT2D eigenvalue weighted by atomic mass is 10.1. The standard InChI is InChI=1S/C14H9N3O7S/c18-14-13(8-4-2-1-3-5-8)25(23,24)11-7-9(16(19)20)6-10(17(21)22)12(11)15-14/h1-7,13H,(H,15,18)/t13-/m1/s1. The van der Waals surface area contributed by atoms with E-state index in [1.54, 1.807) is 6.07 Å². The number of hydrogen-bond donors (Lipinski definition) is 1. The van der Waals surface area contributed by atoms with Crippen LogP contribution in [0.3, 0.4) is 0 Å². The number of benzene rings is 2. The zero-order valence-electron chi connectivity index (χ0n) is 12.3. The average molecular weight is 363 g/mol. The van der Waals surface area contributed by atoms with E-state index in [0.29, 0.717) is 12.1 Å². The number of anilines is 1. The summed E-state index contributed by atoms with van der Waals surface area (Å²) in [6.07, 6.45) is 0. The summed E-state index contributed by atoms with van der Waals surface area (Å²) in [4.78, 5) is 31.9. The van der Waals surface area contributed by atoms with Crippen molar-refractivity contribution >= 4 is 32.8 Å². The Morgan fingerprint density at radius 2 is 1.64 bits per heavy atom. The highest BCUT2D eigenvalue weighted by atomic mass is 32.2. The highest BCUT2D eigenvalue weighted by Crippen LogP contribution is 2.44. The molecule has 2 aromatic rings. The lowest BCUT2D eigenvalue weighted by Gasteiger charge is -2.24. The number of hydrogen-bond acceptors (Lipinski definition) is 7. The number of nitro groups is 2. The Hall–Kier alpha value is -3.34. The van der Waals surface area contributed by atoms with Crippen LogP contribution in [0.15, 0.2) is 47.4 Å². The smallest absolute Gasteiger partial charge is 0.300 e. The van der Waals surface area contributed by atoms with Crippen molar-refractivity contribution in [2.45, 2.75) is 10.1 Å². The Kier molecular flexibility index (Phi) is 3.72. The fourth-order valence-electron chi connectivity index (χ4n) is 2.60. The molecule has 1 atom stereocenters. The molecule has 128 valence electrons. The molecule has 0 spiro atoms. The topological polar surface area (TPSA) is 150 Å². The average Bonchev–Trinajstić information content (AvgIpc) is 2.54. The van der Waals surface area contributed by atoms with Crippen LogP contribution in [0, 0.1) is 20.2 Å². The zero-order valence-corrected chi connectivity index (χ0v) is 13.1. The highest BCUT2D eigenvalue weighted by molar-refractivity contribution is 7.92. The fourth-order valence-corrected chi connectivity index (χ4v) is 4.44. The maximum absolute atomic E-state index is 12.9. The first-order valence-corrected chi connectivity index (χ1v) is 8.34. The second-order valence-corrected chi connectivity index (χ2v) is 7.18. The van der Waals surface area contributed by atoms with Crippen LogP contribution in [-0.2, 0) is 14.6 Å². The number of nitro benzene ring substituents is 2. The van der Waals surface area contributed by atoms with Gasteiger partial charge in [0.1, 0.15) is 10.6 Å². The van der Waals surface area contributed by atoms with Gasteiger partial charge in [-0.25, -0.2) is 8.42 Å². The highest BCUT2D eigenvalue weighted by Gasteiger charge is 2.45. The Morgan fingerprint density at radius 3 is 2.20 bits per heavy atom. The third kappa shape index (κ3) is 2.59. The molecule has 0 saturated carbocycles. The van der Waals surface area contributed by atoms with E-state index in [1.807, 2.05) is 0 Å². The molecular weight excluding hydrogens is 354 g/mol. The number of amides is 1. The first kappa shape index (κ1) is 16.5. The van der Waals surface area contributed by atoms with Crippen LogP contribution in [0.4, 0.5) is 17.1 Å². The normalized spacial score (nSPS) is 18.1. The molecule has 0 saturated heterocycles. The summed E-state index contributed by atoms with van der Waals surface area (Å²) in [6, 6.07) is 8.84. The first-order chi connectivity index (χ1) is 11.7. The van der Waals surface area contributed by atoms with Crippen molar-refractivity contribution in [3.8, 4) is 0 Å². The van der Waals surface area contributed by atoms with Crippen molar-refractivity contribution in [2.24, 2.45) is 0 Å². The van der Waals surface area contributed by atoms with Gasteiger partial charge in [0.05, 0.1) is 15.9 Å². The third-order valence-corrected chi connectivity index (χ3v) is 5.72. The molecule has 0 bridgehead atoms. The van der Waals surface area contributed by atoms with E-state index in [4.69, 9.17) is 0 Å². The predicted octanol–water partition coefficient (Wildman–Crippen LogP) is 1.97. The van der Waals surface area contributed by atoms with Crippen LogP contribution >= 0.6 is 0 Å². The summed E-state index contributed by atoms with van der Waals surface area (Å²) >= 11 is 0. The number of fused-ring (bicyclic) bond motifs is 1. The molecule has 0 aromatic heterocycles. The number of nitrogens with zero attached hydrogens (tertiary/aromatic N) is 2. The minimum Gasteiger partial charge on any atom is -0.318 e. The molecular formula is C14H9N3O7S. The van der Waals surface area contributed by atoms with Gasteiger partial charge < -0.3 is 5.32 Å². The summed E-state index contributed by atoms with van der Waals surface area (Å²) in [5.41, 5.74) is -2.02. The molecule has 3 rings (SSSR count). The van der Waals surface area contributed by atoms with Crippen LogP contribution in [0.1, 0.15) is 10.8 Å². The van der Waals surface area contributed by atoms with E-state index >= 15 is 0 Å². The van der Waals surface area contributed by atoms with Crippen molar-refractivity contribution < 1.29 is 23.1 Å². The number of sulfone groups is 1. The van der Waals surface area contributed by atoms with E-state index in [9.17, 15) is 33.4 Å². The Morgan fingerprint density at radius 1 is 1.00 bits per heavy atom. The van der Waals surface area contributed by atoms with Crippen LogP contribution in [0.25, 0.3) is 0 Å². The molecule has 0 unspecified atom stereocenters. The maximum atomic E-state index is 12.9. The number of nitrogens with one attached hydrogen (secondary N) is 1. The molecule has 0 fully saturated rings. The van der Waals surface area contributed by atoms with Gasteiger partial charge in [-0.2, -0.15) is 0 Å². The Labute approximate surface area is 140 Å². The summed E-state index contributed by atoms with van der Waals surface area (Å²) in [5, 5.41) is 22.7. The van der Waals surface area contributed by atoms with E-state index in [2.05, 4.69) is 5.32 Å². The lowest BCUT2D eigenvalue weighted by Crippen LogP contribution is -2.33. The molecule has 0 radical (unpaired) electrons. The largest absolute Gasteiger partial charge is 0.318 e. The first-order valence-electron chi connectivity index (χ1n) is 6.80. The number of carbonyl (C=O) groups is 1. The summed E-state index contributed by atoms with van der Waals surface area (Å²) < 4.78 is 25.7. The lowest BCUT2D eigenvalue weighted by molar-refractivity contribution is -0.393. The summed E-state index contributed by atoms with van der Waals surface area (Å²) in [6.45, 7) is 0. The van der Waals surface area contributed by atoms with Crippen LogP contribution in [-0.4, -0.2) is 24.2 Å². The van der Waals surface area contributed by atoms with Crippen LogP contribution in [0.2, 0.25) is 0 Å². The predicted molar refractivity (Wildman–Crippen MR) is 84.7 cm³/mol. The van der Waals surface area contributed by atoms with Crippen LogP contribution in [0.5, 0.6) is 0 Å². The van der Waals surface area contributed by atoms with Gasteiger partial charge in [0.15, 0.2) is 15.1 Å². The number of non-ortho nitro benzene ring substituents is 1. The van der Waals surface area contributed by atoms with E-state index in [-0.39, 0.29) is 5.56 Å². The number of rotatable bonds is 3. The Balaban J connectivity index is 2.31. The van der Waals surface area contributed by atoms with Crippen LogP contribution < -0.4 is 5.32 Å². The molecule has 1 aliphatic rings. The minimum atomic E-state index is -4.42. The van der Waals surface area contributed by atoms with Gasteiger partial charge in [0.25, 0.3) is 5.69 Å². The second kappa shape index (κ2) is 5.63. The fraction of sp³-hybridized carbons (Fsp3) is 0.0714. The molecule has 10 nitrogen and oxygen atoms in total. The SMILES string of the molecule is O=C1Nc2c([N+](=O)[O-])cc([N+](=O)[O-])cc2S(=O)(=O)[C@@H]1c1ccccc1. The molecule has 2 aromatic carbocycles. The third-order valence-electron chi connectivity index (χ3n) is 3.68. The molecule has 1 heterocycles. The van der Waals surface area contributed by atoms with Crippen molar-refractivity contribution in [3.05, 3.63) is 68.3 Å². The van der Waals surface area contributed by atoms with Gasteiger partial charge >= 0.3 is 5.69 Å². The molecule has 1 aliphatic heterocycles. The quantitative estimate of drug-likeness (QED) is 0.647. The zero-order chi connectivity index (χ0) is 18.4. The molecule has 11 heteroatoms. The van der Waals surface area contributed by atoms with Gasteiger partial charge in [-0.05, 0) is 5.56 Å². The van der Waals surface area contributed by atoms with Gasteiger partial charge in [-0.1, -0.05) is 30.3 Å². The molecule has 1 N–H and O–H groups in total. The molecule has 25 heavy (non-hydrogen) atoms. The monoisotopic (exact) mass is 363 g/mol. The molecule has 1 amide bonds. The van der Waals surface area contributed by atoms with Gasteiger partial charge in [0.2, 0.25) is 5.91 Å². The van der Waals surface area contributed by atoms with E-state index in [0.717, 1.165) is 0 Å². The molecule has 0 aliphatic carbocycles. The van der Waals surface area contributed by atoms with Crippen molar-refractivity contribution in [1.29, 1.82) is 0 Å². The van der Waals surface area contributed by atoms with E-state index < -0.39 is 52.8 Å². The van der Waals surface area contributed by atoms with Crippen molar-refractivity contribution in [1.82, 2.24) is 0 Å². The second-order valence-electron chi connectivity index (χ2n) is 5.18. The van der Waals surface area contributed by atoms with Crippen molar-refractivity contribution in [3.63, 3.8) is 0 Å².